The topological polar surface area (TPSA) is 76.3 Å². The van der Waals surface area contributed by atoms with Crippen LogP contribution in [0.15, 0.2) is 52.1 Å². The van der Waals surface area contributed by atoms with Gasteiger partial charge in [0, 0.05) is 29.6 Å². The van der Waals surface area contributed by atoms with Crippen molar-refractivity contribution in [3.05, 3.63) is 47.2 Å². The van der Waals surface area contributed by atoms with Crippen LogP contribution in [0.25, 0.3) is 0 Å². The molecule has 0 saturated carbocycles. The van der Waals surface area contributed by atoms with Crippen LogP contribution in [0, 0.1) is 0 Å². The maximum absolute atomic E-state index is 12.5. The van der Waals surface area contributed by atoms with Crippen LogP contribution in [0.4, 0.5) is 11.4 Å². The first-order chi connectivity index (χ1) is 8.93. The molecular formula is C12H12BrN3O2S. The lowest BCUT2D eigenvalue weighted by Crippen LogP contribution is -2.26. The van der Waals surface area contributed by atoms with Gasteiger partial charge in [-0.3, -0.25) is 9.29 Å². The summed E-state index contributed by atoms with van der Waals surface area (Å²) < 4.78 is 26.6. The second-order valence-electron chi connectivity index (χ2n) is 3.87. The second kappa shape index (κ2) is 5.18. The molecule has 0 saturated heterocycles. The highest BCUT2D eigenvalue weighted by molar-refractivity contribution is 9.10. The predicted molar refractivity (Wildman–Crippen MR) is 78.4 cm³/mol. The van der Waals surface area contributed by atoms with E-state index in [1.165, 1.54) is 17.4 Å². The van der Waals surface area contributed by atoms with Gasteiger partial charge in [-0.05, 0) is 46.3 Å². The standard InChI is InChI=1S/C12H12BrN3O2S/c1-16(10-4-6-15-7-5-10)19(17,18)12-3-2-9(14)8-11(12)13/h2-8H,14H2,1H3. The van der Waals surface area contributed by atoms with E-state index in [1.807, 2.05) is 0 Å². The van der Waals surface area contributed by atoms with Gasteiger partial charge in [0.15, 0.2) is 0 Å². The number of sulfonamides is 1. The number of anilines is 2. The summed E-state index contributed by atoms with van der Waals surface area (Å²) in [6.07, 6.45) is 3.08. The number of rotatable bonds is 3. The van der Waals surface area contributed by atoms with Crippen LogP contribution in [0.3, 0.4) is 0 Å². The van der Waals surface area contributed by atoms with E-state index < -0.39 is 10.0 Å². The summed E-state index contributed by atoms with van der Waals surface area (Å²) in [5.74, 6) is 0. The number of aromatic nitrogens is 1. The summed E-state index contributed by atoms with van der Waals surface area (Å²) >= 11 is 3.23. The van der Waals surface area contributed by atoms with Crippen LogP contribution in [0.1, 0.15) is 0 Å². The zero-order valence-electron chi connectivity index (χ0n) is 10.1. The first-order valence-electron chi connectivity index (χ1n) is 5.37. The van der Waals surface area contributed by atoms with Crippen molar-refractivity contribution in [2.75, 3.05) is 17.1 Å². The van der Waals surface area contributed by atoms with E-state index in [2.05, 4.69) is 20.9 Å². The Balaban J connectivity index is 2.48. The number of nitrogens with two attached hydrogens (primary N) is 1. The number of nitrogen functional groups attached to an aromatic ring is 1. The zero-order valence-corrected chi connectivity index (χ0v) is 12.5. The van der Waals surface area contributed by atoms with Crippen LogP contribution in [0.5, 0.6) is 0 Å². The fourth-order valence-corrected chi connectivity index (χ4v) is 3.82. The summed E-state index contributed by atoms with van der Waals surface area (Å²) in [6, 6.07) is 7.85. The molecule has 1 aromatic heterocycles. The molecule has 2 N–H and O–H groups in total. The van der Waals surface area contributed by atoms with Crippen LogP contribution >= 0.6 is 15.9 Å². The fourth-order valence-electron chi connectivity index (χ4n) is 1.57. The van der Waals surface area contributed by atoms with Crippen molar-refractivity contribution in [2.45, 2.75) is 4.90 Å². The molecule has 0 unspecified atom stereocenters. The molecule has 100 valence electrons. The Labute approximate surface area is 120 Å². The number of hydrogen-bond donors (Lipinski definition) is 1. The molecule has 5 nitrogen and oxygen atoms in total. The summed E-state index contributed by atoms with van der Waals surface area (Å²) in [4.78, 5) is 4.03. The maximum atomic E-state index is 12.5. The molecule has 1 aromatic carbocycles. The Morgan fingerprint density at radius 3 is 2.42 bits per heavy atom. The smallest absolute Gasteiger partial charge is 0.265 e. The third kappa shape index (κ3) is 2.71. The third-order valence-corrected chi connectivity index (χ3v) is 5.38. The van der Waals surface area contributed by atoms with Gasteiger partial charge < -0.3 is 5.73 Å². The minimum absolute atomic E-state index is 0.168. The van der Waals surface area contributed by atoms with Gasteiger partial charge >= 0.3 is 0 Å². The van der Waals surface area contributed by atoms with Gasteiger partial charge in [0.05, 0.1) is 5.69 Å². The van der Waals surface area contributed by atoms with E-state index in [9.17, 15) is 8.42 Å². The van der Waals surface area contributed by atoms with Crippen molar-refractivity contribution in [1.29, 1.82) is 0 Å². The molecule has 0 aliphatic carbocycles. The Morgan fingerprint density at radius 2 is 1.84 bits per heavy atom. The molecule has 0 bridgehead atoms. The average molecular weight is 342 g/mol. The molecular weight excluding hydrogens is 330 g/mol. The number of hydrogen-bond acceptors (Lipinski definition) is 4. The number of nitrogens with zero attached hydrogens (tertiary/aromatic N) is 2. The highest BCUT2D eigenvalue weighted by Gasteiger charge is 2.23. The summed E-state index contributed by atoms with van der Waals surface area (Å²) in [7, 11) is -2.14. The Morgan fingerprint density at radius 1 is 1.21 bits per heavy atom. The monoisotopic (exact) mass is 341 g/mol. The van der Waals surface area contributed by atoms with Gasteiger partial charge in [-0.2, -0.15) is 0 Å². The normalized spacial score (nSPS) is 11.3. The van der Waals surface area contributed by atoms with Crippen LogP contribution in [-0.2, 0) is 10.0 Å². The molecule has 0 aliphatic rings. The molecule has 0 radical (unpaired) electrons. The van der Waals surface area contributed by atoms with Gasteiger partial charge in [-0.25, -0.2) is 8.42 Å². The first kappa shape index (κ1) is 13.8. The molecule has 0 atom stereocenters. The van der Waals surface area contributed by atoms with E-state index >= 15 is 0 Å². The molecule has 0 aliphatic heterocycles. The number of benzene rings is 1. The lowest BCUT2D eigenvalue weighted by molar-refractivity contribution is 0.594. The van der Waals surface area contributed by atoms with E-state index in [-0.39, 0.29) is 4.90 Å². The molecule has 19 heavy (non-hydrogen) atoms. The van der Waals surface area contributed by atoms with Crippen molar-refractivity contribution in [3.63, 3.8) is 0 Å². The molecule has 0 fully saturated rings. The van der Waals surface area contributed by atoms with E-state index in [0.717, 1.165) is 0 Å². The van der Waals surface area contributed by atoms with E-state index in [0.29, 0.717) is 15.8 Å². The molecule has 2 aromatic rings. The highest BCUT2D eigenvalue weighted by Crippen LogP contribution is 2.28. The zero-order chi connectivity index (χ0) is 14.0. The fraction of sp³-hybridized carbons (Fsp3) is 0.0833. The summed E-state index contributed by atoms with van der Waals surface area (Å²) in [6.45, 7) is 0. The van der Waals surface area contributed by atoms with Gasteiger partial charge in [-0.1, -0.05) is 0 Å². The van der Waals surface area contributed by atoms with Crippen molar-refractivity contribution in [1.82, 2.24) is 4.98 Å². The van der Waals surface area contributed by atoms with Gasteiger partial charge in [0.1, 0.15) is 4.90 Å². The average Bonchev–Trinajstić information content (AvgIpc) is 2.38. The van der Waals surface area contributed by atoms with Gasteiger partial charge in [0.2, 0.25) is 0 Å². The Hall–Kier alpha value is -1.60. The van der Waals surface area contributed by atoms with Gasteiger partial charge in [-0.15, -0.1) is 0 Å². The second-order valence-corrected chi connectivity index (χ2v) is 6.66. The maximum Gasteiger partial charge on any atom is 0.265 e. The Bertz CT molecular complexity index is 689. The van der Waals surface area contributed by atoms with Crippen molar-refractivity contribution < 1.29 is 8.42 Å². The van der Waals surface area contributed by atoms with Crippen LogP contribution in [-0.4, -0.2) is 20.4 Å². The Kier molecular flexibility index (Phi) is 3.77. The third-order valence-electron chi connectivity index (χ3n) is 2.62. The van der Waals surface area contributed by atoms with Crippen molar-refractivity contribution >= 4 is 37.3 Å². The highest BCUT2D eigenvalue weighted by atomic mass is 79.9. The van der Waals surface area contributed by atoms with Crippen LogP contribution in [0.2, 0.25) is 0 Å². The quantitative estimate of drug-likeness (QED) is 0.868. The summed E-state index contributed by atoms with van der Waals surface area (Å²) in [5, 5.41) is 0. The molecule has 2 rings (SSSR count). The van der Waals surface area contributed by atoms with Crippen LogP contribution < -0.4 is 10.0 Å². The van der Waals surface area contributed by atoms with Crippen molar-refractivity contribution in [3.8, 4) is 0 Å². The molecule has 7 heteroatoms. The lowest BCUT2D eigenvalue weighted by Gasteiger charge is -2.20. The minimum Gasteiger partial charge on any atom is -0.399 e. The predicted octanol–water partition coefficient (Wildman–Crippen LogP) is 2.25. The van der Waals surface area contributed by atoms with Crippen molar-refractivity contribution in [2.24, 2.45) is 0 Å². The lowest BCUT2D eigenvalue weighted by atomic mass is 10.3. The first-order valence-corrected chi connectivity index (χ1v) is 7.60. The van der Waals surface area contributed by atoms with Gasteiger partial charge in [0.25, 0.3) is 10.0 Å². The SMILES string of the molecule is CN(c1ccncc1)S(=O)(=O)c1ccc(N)cc1Br. The summed E-state index contributed by atoms with van der Waals surface area (Å²) in [5.41, 5.74) is 6.65. The van der Waals surface area contributed by atoms with E-state index in [4.69, 9.17) is 5.73 Å². The number of halogens is 1. The minimum atomic E-state index is -3.64. The molecule has 0 amide bonds. The molecule has 0 spiro atoms. The largest absolute Gasteiger partial charge is 0.399 e. The van der Waals surface area contributed by atoms with E-state index in [1.54, 1.807) is 36.7 Å². The number of pyridine rings is 1. The molecule has 1 heterocycles.